The molecule has 0 spiro atoms. The first-order valence-electron chi connectivity index (χ1n) is 12.5. The van der Waals surface area contributed by atoms with Crippen molar-refractivity contribution in [1.82, 2.24) is 5.32 Å². The summed E-state index contributed by atoms with van der Waals surface area (Å²) in [7, 11) is 3.13. The summed E-state index contributed by atoms with van der Waals surface area (Å²) in [6, 6.07) is 29.6. The number of rotatable bonds is 10. The Morgan fingerprint density at radius 3 is 2.17 bits per heavy atom. The van der Waals surface area contributed by atoms with Gasteiger partial charge < -0.3 is 20.1 Å². The number of carbonyl (C=O) groups excluding carboxylic acids is 3. The zero-order chi connectivity index (χ0) is 28.3. The Hall–Kier alpha value is -5.43. The largest absolute Gasteiger partial charge is 0.497 e. The van der Waals surface area contributed by atoms with Crippen LogP contribution < -0.4 is 20.1 Å². The van der Waals surface area contributed by atoms with Gasteiger partial charge in [-0.15, -0.1) is 0 Å². The maximum Gasteiger partial charge on any atom is 0.272 e. The van der Waals surface area contributed by atoms with Crippen molar-refractivity contribution in [3.8, 4) is 11.5 Å². The number of ether oxygens (including phenoxy) is 2. The molecule has 7 heteroatoms. The third-order valence-electron chi connectivity index (χ3n) is 5.91. The van der Waals surface area contributed by atoms with Gasteiger partial charge in [0.2, 0.25) is 0 Å². The number of para-hydroxylation sites is 1. The van der Waals surface area contributed by atoms with E-state index in [0.717, 1.165) is 5.56 Å². The number of ketones is 1. The monoisotopic (exact) mass is 532 g/mol. The topological polar surface area (TPSA) is 93.7 Å². The molecule has 0 atom stereocenters. The Labute approximate surface area is 232 Å². The Morgan fingerprint density at radius 2 is 1.45 bits per heavy atom. The Morgan fingerprint density at radius 1 is 0.725 bits per heavy atom. The molecule has 0 bridgehead atoms. The lowest BCUT2D eigenvalue weighted by Crippen LogP contribution is -2.30. The molecule has 200 valence electrons. The number of carbonyl (C=O) groups is 3. The lowest BCUT2D eigenvalue weighted by atomic mass is 10.1. The molecule has 0 aromatic heterocycles. The number of methoxy groups -OCH3 is 2. The quantitative estimate of drug-likeness (QED) is 0.193. The van der Waals surface area contributed by atoms with Crippen LogP contribution in [0.5, 0.6) is 11.5 Å². The number of hydrogen-bond donors (Lipinski definition) is 2. The summed E-state index contributed by atoms with van der Waals surface area (Å²) in [5.74, 6) is 0.136. The van der Waals surface area contributed by atoms with Gasteiger partial charge in [0.05, 0.1) is 14.2 Å². The van der Waals surface area contributed by atoms with E-state index in [1.807, 2.05) is 24.3 Å². The molecular formula is C33H28N2O5. The van der Waals surface area contributed by atoms with E-state index in [1.165, 1.54) is 6.08 Å². The number of hydrogen-bond acceptors (Lipinski definition) is 5. The van der Waals surface area contributed by atoms with Crippen LogP contribution in [-0.4, -0.2) is 31.8 Å². The smallest absolute Gasteiger partial charge is 0.272 e. The predicted octanol–water partition coefficient (Wildman–Crippen LogP) is 6.01. The highest BCUT2D eigenvalue weighted by Crippen LogP contribution is 2.20. The Kier molecular flexibility index (Phi) is 9.24. The van der Waals surface area contributed by atoms with Crippen molar-refractivity contribution in [3.63, 3.8) is 0 Å². The molecule has 2 amide bonds. The molecule has 4 rings (SSSR count). The summed E-state index contributed by atoms with van der Waals surface area (Å²) < 4.78 is 10.6. The molecular weight excluding hydrogens is 504 g/mol. The molecule has 4 aromatic rings. The summed E-state index contributed by atoms with van der Waals surface area (Å²) in [5.41, 5.74) is 2.82. The van der Waals surface area contributed by atoms with Crippen molar-refractivity contribution in [3.05, 3.63) is 137 Å². The fourth-order valence-electron chi connectivity index (χ4n) is 3.82. The van der Waals surface area contributed by atoms with Crippen molar-refractivity contribution < 1.29 is 23.9 Å². The van der Waals surface area contributed by atoms with E-state index in [0.29, 0.717) is 33.9 Å². The highest BCUT2D eigenvalue weighted by molar-refractivity contribution is 6.11. The van der Waals surface area contributed by atoms with Gasteiger partial charge in [0, 0.05) is 22.4 Å². The van der Waals surface area contributed by atoms with Crippen molar-refractivity contribution in [2.45, 2.75) is 0 Å². The van der Waals surface area contributed by atoms with Crippen LogP contribution in [0.25, 0.3) is 12.2 Å². The molecule has 0 aliphatic carbocycles. The second-order valence-corrected chi connectivity index (χ2v) is 8.63. The molecule has 0 saturated carbocycles. The Bertz CT molecular complexity index is 1560. The van der Waals surface area contributed by atoms with E-state index in [-0.39, 0.29) is 11.5 Å². The van der Waals surface area contributed by atoms with E-state index in [9.17, 15) is 14.4 Å². The lowest BCUT2D eigenvalue weighted by molar-refractivity contribution is -0.113. The first-order chi connectivity index (χ1) is 19.5. The molecule has 0 fully saturated rings. The second-order valence-electron chi connectivity index (χ2n) is 8.63. The molecule has 0 aliphatic rings. The van der Waals surface area contributed by atoms with Gasteiger partial charge in [0.25, 0.3) is 11.8 Å². The van der Waals surface area contributed by atoms with Gasteiger partial charge in [-0.3, -0.25) is 14.4 Å². The van der Waals surface area contributed by atoms with E-state index < -0.39 is 11.8 Å². The third-order valence-corrected chi connectivity index (χ3v) is 5.91. The summed E-state index contributed by atoms with van der Waals surface area (Å²) in [5, 5.41) is 5.49. The van der Waals surface area contributed by atoms with Crippen LogP contribution in [0.2, 0.25) is 0 Å². The van der Waals surface area contributed by atoms with Crippen LogP contribution in [-0.2, 0) is 4.79 Å². The summed E-state index contributed by atoms with van der Waals surface area (Å²) in [6.07, 6.45) is 4.74. The summed E-state index contributed by atoms with van der Waals surface area (Å²) >= 11 is 0. The first-order valence-corrected chi connectivity index (χ1v) is 12.5. The molecule has 0 unspecified atom stereocenters. The van der Waals surface area contributed by atoms with Crippen LogP contribution in [0.4, 0.5) is 5.69 Å². The molecule has 0 radical (unpaired) electrons. The van der Waals surface area contributed by atoms with Crippen LogP contribution in [0.15, 0.2) is 115 Å². The highest BCUT2D eigenvalue weighted by atomic mass is 16.5. The molecule has 40 heavy (non-hydrogen) atoms. The second kappa shape index (κ2) is 13.4. The number of allylic oxidation sites excluding steroid dienone is 1. The van der Waals surface area contributed by atoms with Crippen molar-refractivity contribution in [1.29, 1.82) is 0 Å². The van der Waals surface area contributed by atoms with E-state index in [4.69, 9.17) is 9.47 Å². The minimum atomic E-state index is -0.526. The molecule has 2 N–H and O–H groups in total. The predicted molar refractivity (Wildman–Crippen MR) is 156 cm³/mol. The van der Waals surface area contributed by atoms with Crippen molar-refractivity contribution >= 4 is 35.4 Å². The molecule has 4 aromatic carbocycles. The summed E-state index contributed by atoms with van der Waals surface area (Å²) in [4.78, 5) is 38.8. The standard InChI is InChI=1S/C33H28N2O5/c1-39-28-13-8-9-23(21-28)22-29(35-32(37)26-11-4-3-5-12-26)33(38)34-27-18-15-24(16-19-27)30(36)20-17-25-10-6-7-14-31(25)40-2/h3-22H,1-2H3,(H,34,38)(H,35,37)/b20-17+,29-22-. The lowest BCUT2D eigenvalue weighted by Gasteiger charge is -2.12. The van der Waals surface area contributed by atoms with Gasteiger partial charge in [-0.2, -0.15) is 0 Å². The maximum atomic E-state index is 13.3. The SMILES string of the molecule is COc1cccc(/C=C(\NC(=O)c2ccccc2)C(=O)Nc2ccc(C(=O)/C=C/c3ccccc3OC)cc2)c1. The van der Waals surface area contributed by atoms with Crippen LogP contribution in [0.3, 0.4) is 0 Å². The normalized spacial score (nSPS) is 11.1. The fraction of sp³-hybridized carbons (Fsp3) is 0.0606. The van der Waals surface area contributed by atoms with Gasteiger partial charge >= 0.3 is 0 Å². The van der Waals surface area contributed by atoms with Gasteiger partial charge in [-0.05, 0) is 78.4 Å². The van der Waals surface area contributed by atoms with Gasteiger partial charge in [0.15, 0.2) is 5.78 Å². The molecule has 0 heterocycles. The molecule has 0 saturated heterocycles. The van der Waals surface area contributed by atoms with Crippen LogP contribution >= 0.6 is 0 Å². The molecule has 0 aliphatic heterocycles. The number of anilines is 1. The van der Waals surface area contributed by atoms with Crippen molar-refractivity contribution in [2.75, 3.05) is 19.5 Å². The first kappa shape index (κ1) is 27.6. The van der Waals surface area contributed by atoms with Crippen LogP contribution in [0.1, 0.15) is 31.8 Å². The average Bonchev–Trinajstić information content (AvgIpc) is 3.00. The molecule has 7 nitrogen and oxygen atoms in total. The van der Waals surface area contributed by atoms with Gasteiger partial charge in [-0.25, -0.2) is 0 Å². The summed E-state index contributed by atoms with van der Waals surface area (Å²) in [6.45, 7) is 0. The van der Waals surface area contributed by atoms with Crippen molar-refractivity contribution in [2.24, 2.45) is 0 Å². The fourth-order valence-corrected chi connectivity index (χ4v) is 3.82. The zero-order valence-corrected chi connectivity index (χ0v) is 22.1. The van der Waals surface area contributed by atoms with Crippen LogP contribution in [0, 0.1) is 0 Å². The van der Waals surface area contributed by atoms with Gasteiger partial charge in [-0.1, -0.05) is 48.5 Å². The maximum absolute atomic E-state index is 13.3. The minimum Gasteiger partial charge on any atom is -0.497 e. The number of nitrogens with one attached hydrogen (secondary N) is 2. The Balaban J connectivity index is 1.51. The van der Waals surface area contributed by atoms with E-state index in [2.05, 4.69) is 10.6 Å². The van der Waals surface area contributed by atoms with E-state index in [1.54, 1.807) is 105 Å². The number of benzene rings is 4. The van der Waals surface area contributed by atoms with E-state index >= 15 is 0 Å². The zero-order valence-electron chi connectivity index (χ0n) is 22.1. The third kappa shape index (κ3) is 7.33. The number of amides is 2. The highest BCUT2D eigenvalue weighted by Gasteiger charge is 2.15. The minimum absolute atomic E-state index is 0.0435. The average molecular weight is 533 g/mol. The van der Waals surface area contributed by atoms with Gasteiger partial charge in [0.1, 0.15) is 17.2 Å².